The van der Waals surface area contributed by atoms with Gasteiger partial charge in [0, 0.05) is 0 Å². The van der Waals surface area contributed by atoms with Gasteiger partial charge in [-0.25, -0.2) is 8.78 Å². The SMILES string of the molecule is CCC1CCC(/C=C/C2CCC(c3cc(F)c(C#N)c(F)c3)CC2)CC1. The third-order valence-electron chi connectivity index (χ3n) is 6.54. The van der Waals surface area contributed by atoms with Gasteiger partial charge in [-0.15, -0.1) is 0 Å². The number of nitrogens with zero attached hydrogens (tertiary/aromatic N) is 1. The predicted molar refractivity (Wildman–Crippen MR) is 101 cm³/mol. The first kappa shape index (κ1) is 19.1. The molecule has 0 heterocycles. The van der Waals surface area contributed by atoms with Crippen LogP contribution in [0, 0.1) is 40.7 Å². The summed E-state index contributed by atoms with van der Waals surface area (Å²) in [7, 11) is 0. The van der Waals surface area contributed by atoms with Crippen molar-refractivity contribution in [2.24, 2.45) is 17.8 Å². The fourth-order valence-electron chi connectivity index (χ4n) is 4.68. The monoisotopic (exact) mass is 357 g/mol. The van der Waals surface area contributed by atoms with E-state index in [1.165, 1.54) is 44.2 Å². The van der Waals surface area contributed by atoms with Crippen LogP contribution in [0.1, 0.15) is 81.8 Å². The summed E-state index contributed by atoms with van der Waals surface area (Å²) in [4.78, 5) is 0. The summed E-state index contributed by atoms with van der Waals surface area (Å²) < 4.78 is 27.7. The van der Waals surface area contributed by atoms with E-state index in [-0.39, 0.29) is 5.92 Å². The van der Waals surface area contributed by atoms with Crippen LogP contribution in [0.15, 0.2) is 24.3 Å². The Hall–Kier alpha value is -1.69. The van der Waals surface area contributed by atoms with Gasteiger partial charge in [-0.1, -0.05) is 25.5 Å². The molecule has 140 valence electrons. The lowest BCUT2D eigenvalue weighted by molar-refractivity contribution is 0.301. The quantitative estimate of drug-likeness (QED) is 0.539. The minimum Gasteiger partial charge on any atom is -0.205 e. The van der Waals surface area contributed by atoms with E-state index < -0.39 is 17.2 Å². The first-order valence-electron chi connectivity index (χ1n) is 10.2. The van der Waals surface area contributed by atoms with E-state index in [0.29, 0.717) is 11.5 Å². The Morgan fingerprint density at radius 2 is 1.42 bits per heavy atom. The molecule has 26 heavy (non-hydrogen) atoms. The molecule has 2 fully saturated rings. The van der Waals surface area contributed by atoms with Crippen molar-refractivity contribution in [3.8, 4) is 6.07 Å². The van der Waals surface area contributed by atoms with Crippen molar-refractivity contribution in [3.05, 3.63) is 47.0 Å². The van der Waals surface area contributed by atoms with E-state index in [1.807, 2.05) is 0 Å². The minimum absolute atomic E-state index is 0.205. The van der Waals surface area contributed by atoms with Gasteiger partial charge in [0.05, 0.1) is 0 Å². The van der Waals surface area contributed by atoms with Crippen molar-refractivity contribution in [3.63, 3.8) is 0 Å². The second kappa shape index (κ2) is 8.80. The highest BCUT2D eigenvalue weighted by Gasteiger charge is 2.24. The number of hydrogen-bond acceptors (Lipinski definition) is 1. The van der Waals surface area contributed by atoms with Crippen LogP contribution in [-0.4, -0.2) is 0 Å². The van der Waals surface area contributed by atoms with Crippen molar-refractivity contribution in [2.75, 3.05) is 0 Å². The van der Waals surface area contributed by atoms with Crippen LogP contribution in [0.25, 0.3) is 0 Å². The van der Waals surface area contributed by atoms with Gasteiger partial charge in [-0.2, -0.15) is 5.26 Å². The lowest BCUT2D eigenvalue weighted by atomic mass is 9.77. The molecule has 0 amide bonds. The number of benzene rings is 1. The highest BCUT2D eigenvalue weighted by atomic mass is 19.1. The molecule has 0 aliphatic heterocycles. The predicted octanol–water partition coefficient (Wildman–Crippen LogP) is 6.88. The van der Waals surface area contributed by atoms with Crippen molar-refractivity contribution in [1.82, 2.24) is 0 Å². The van der Waals surface area contributed by atoms with Gasteiger partial charge >= 0.3 is 0 Å². The third-order valence-corrected chi connectivity index (χ3v) is 6.54. The molecule has 0 saturated heterocycles. The maximum Gasteiger partial charge on any atom is 0.144 e. The van der Waals surface area contributed by atoms with E-state index in [2.05, 4.69) is 19.1 Å². The van der Waals surface area contributed by atoms with Crippen LogP contribution in [0.2, 0.25) is 0 Å². The number of nitriles is 1. The fourth-order valence-corrected chi connectivity index (χ4v) is 4.68. The third kappa shape index (κ3) is 4.53. The summed E-state index contributed by atoms with van der Waals surface area (Å²) in [6, 6.07) is 4.31. The van der Waals surface area contributed by atoms with Crippen molar-refractivity contribution in [2.45, 2.75) is 70.6 Å². The molecule has 0 N–H and O–H groups in total. The molecular weight excluding hydrogens is 328 g/mol. The lowest BCUT2D eigenvalue weighted by Crippen LogP contribution is -2.14. The fraction of sp³-hybridized carbons (Fsp3) is 0.609. The minimum atomic E-state index is -0.729. The molecule has 1 nitrogen and oxygen atoms in total. The molecular formula is C23H29F2N. The summed E-state index contributed by atoms with van der Waals surface area (Å²) in [6.45, 7) is 2.30. The van der Waals surface area contributed by atoms with E-state index >= 15 is 0 Å². The molecule has 2 aliphatic rings. The number of halogens is 2. The Kier molecular flexibility index (Phi) is 6.46. The highest BCUT2D eigenvalue weighted by molar-refractivity contribution is 5.36. The zero-order chi connectivity index (χ0) is 18.5. The first-order valence-corrected chi connectivity index (χ1v) is 10.2. The molecule has 2 saturated carbocycles. The lowest BCUT2D eigenvalue weighted by Gasteiger charge is -2.29. The van der Waals surface area contributed by atoms with E-state index in [0.717, 1.165) is 37.5 Å². The summed E-state index contributed by atoms with van der Waals surface area (Å²) >= 11 is 0. The summed E-state index contributed by atoms with van der Waals surface area (Å²) in [5, 5.41) is 8.79. The average Bonchev–Trinajstić information content (AvgIpc) is 2.67. The van der Waals surface area contributed by atoms with Gasteiger partial charge in [0.15, 0.2) is 0 Å². The van der Waals surface area contributed by atoms with Crippen LogP contribution >= 0.6 is 0 Å². The molecule has 0 atom stereocenters. The number of hydrogen-bond donors (Lipinski definition) is 0. The molecule has 3 heteroatoms. The van der Waals surface area contributed by atoms with Crippen LogP contribution in [-0.2, 0) is 0 Å². The average molecular weight is 357 g/mol. The Morgan fingerprint density at radius 1 is 0.923 bits per heavy atom. The molecule has 0 radical (unpaired) electrons. The van der Waals surface area contributed by atoms with Crippen LogP contribution in [0.4, 0.5) is 8.78 Å². The maximum atomic E-state index is 13.8. The second-order valence-corrected chi connectivity index (χ2v) is 8.16. The number of allylic oxidation sites excluding steroid dienone is 2. The van der Waals surface area contributed by atoms with Crippen LogP contribution in [0.3, 0.4) is 0 Å². The topological polar surface area (TPSA) is 23.8 Å². The van der Waals surface area contributed by atoms with Gasteiger partial charge in [0.1, 0.15) is 23.3 Å². The molecule has 3 rings (SSSR count). The normalized spacial score (nSPS) is 29.6. The molecule has 0 aromatic heterocycles. The summed E-state index contributed by atoms with van der Waals surface area (Å²) in [6.07, 6.45) is 15.6. The molecule has 2 aliphatic carbocycles. The van der Waals surface area contributed by atoms with Crippen LogP contribution < -0.4 is 0 Å². The summed E-state index contributed by atoms with van der Waals surface area (Å²) in [5.74, 6) is 1.03. The van der Waals surface area contributed by atoms with E-state index in [9.17, 15) is 8.78 Å². The Morgan fingerprint density at radius 3 is 1.88 bits per heavy atom. The Labute approximate surface area is 156 Å². The van der Waals surface area contributed by atoms with Gasteiger partial charge in [-0.3, -0.25) is 0 Å². The van der Waals surface area contributed by atoms with Crippen LogP contribution in [0.5, 0.6) is 0 Å². The molecule has 1 aromatic rings. The van der Waals surface area contributed by atoms with Gasteiger partial charge in [0.25, 0.3) is 0 Å². The largest absolute Gasteiger partial charge is 0.205 e. The smallest absolute Gasteiger partial charge is 0.144 e. The molecule has 0 unspecified atom stereocenters. The maximum absolute atomic E-state index is 13.8. The first-order chi connectivity index (χ1) is 12.6. The van der Waals surface area contributed by atoms with Gasteiger partial charge in [0.2, 0.25) is 0 Å². The zero-order valence-corrected chi connectivity index (χ0v) is 15.7. The Balaban J connectivity index is 1.52. The van der Waals surface area contributed by atoms with Gasteiger partial charge < -0.3 is 0 Å². The number of rotatable bonds is 4. The van der Waals surface area contributed by atoms with Crippen molar-refractivity contribution in [1.29, 1.82) is 5.26 Å². The highest BCUT2D eigenvalue weighted by Crippen LogP contribution is 2.38. The second-order valence-electron chi connectivity index (χ2n) is 8.16. The molecule has 1 aromatic carbocycles. The van der Waals surface area contributed by atoms with Gasteiger partial charge in [-0.05, 0) is 92.7 Å². The van der Waals surface area contributed by atoms with Crippen molar-refractivity contribution < 1.29 is 8.78 Å². The summed E-state index contributed by atoms with van der Waals surface area (Å²) in [5.41, 5.74) is 0.238. The standard InChI is InChI=1S/C23H29F2N/c1-2-16-3-5-17(6-4-16)7-8-18-9-11-19(12-10-18)20-13-22(24)21(15-26)23(25)14-20/h7-8,13-14,16-19H,2-6,9-12H2,1H3/b8-7+. The van der Waals surface area contributed by atoms with Crippen molar-refractivity contribution >= 4 is 0 Å². The zero-order valence-electron chi connectivity index (χ0n) is 15.7. The molecule has 0 bridgehead atoms. The Bertz CT molecular complexity index is 649. The molecule has 0 spiro atoms. The van der Waals surface area contributed by atoms with E-state index in [4.69, 9.17) is 5.26 Å². The van der Waals surface area contributed by atoms with E-state index in [1.54, 1.807) is 6.07 Å².